The summed E-state index contributed by atoms with van der Waals surface area (Å²) in [5.74, 6) is 0.781. The van der Waals surface area contributed by atoms with Crippen molar-refractivity contribution >= 4 is 11.5 Å². The lowest BCUT2D eigenvalue weighted by molar-refractivity contribution is -0.128. The van der Waals surface area contributed by atoms with Crippen LogP contribution in [0.4, 0.5) is 0 Å². The van der Waals surface area contributed by atoms with Crippen LogP contribution in [0.2, 0.25) is 0 Å². The van der Waals surface area contributed by atoms with Gasteiger partial charge in [0.2, 0.25) is 5.91 Å². The average molecular weight is 469 g/mol. The van der Waals surface area contributed by atoms with Crippen LogP contribution in [0, 0.1) is 11.8 Å². The zero-order chi connectivity index (χ0) is 24.2. The molecule has 35 heavy (non-hydrogen) atoms. The topological polar surface area (TPSA) is 70.4 Å². The number of nitrogens with two attached hydrogens (primary N) is 1. The molecule has 0 radical (unpaired) electrons. The number of nitrogens with zero attached hydrogens (tertiary/aromatic N) is 1. The van der Waals surface area contributed by atoms with Crippen molar-refractivity contribution in [3.05, 3.63) is 101 Å². The van der Waals surface area contributed by atoms with Crippen molar-refractivity contribution in [2.75, 3.05) is 6.54 Å². The molecule has 2 aromatic carbocycles. The predicted molar refractivity (Wildman–Crippen MR) is 142 cm³/mol. The minimum Gasteiger partial charge on any atom is -0.334 e. The standard InChI is InChI=1S/C30H36N4O/c1-21-12-17-27-26(29(21)24-10-6-3-7-11-24)20-34(33-27)28(18-22-8-4-2-5-9-22)32-30(35)25-15-13-23(19-31)14-16-25/h2-12,17,20,23,25,27-28,33H,13-16,18-19,31H2,1H3,(H,32,35)/t23-,25-,27?,28-/m0/s1. The molecule has 2 aliphatic carbocycles. The van der Waals surface area contributed by atoms with Crippen molar-refractivity contribution < 1.29 is 4.79 Å². The molecule has 182 valence electrons. The van der Waals surface area contributed by atoms with Gasteiger partial charge in [0.15, 0.2) is 0 Å². The Kier molecular flexibility index (Phi) is 7.16. The van der Waals surface area contributed by atoms with Gasteiger partial charge in [-0.2, -0.15) is 0 Å². The predicted octanol–water partition coefficient (Wildman–Crippen LogP) is 4.55. The van der Waals surface area contributed by atoms with Gasteiger partial charge in [0, 0.05) is 24.1 Å². The smallest absolute Gasteiger partial charge is 0.224 e. The van der Waals surface area contributed by atoms with Crippen LogP contribution < -0.4 is 16.5 Å². The minimum atomic E-state index is -0.180. The summed E-state index contributed by atoms with van der Waals surface area (Å²) in [6, 6.07) is 21.0. The van der Waals surface area contributed by atoms with Crippen molar-refractivity contribution in [2.45, 2.75) is 51.2 Å². The average Bonchev–Trinajstić information content (AvgIpc) is 3.33. The van der Waals surface area contributed by atoms with E-state index >= 15 is 0 Å². The largest absolute Gasteiger partial charge is 0.334 e. The van der Waals surface area contributed by atoms with E-state index in [2.05, 4.69) is 95.6 Å². The molecule has 1 amide bonds. The first-order valence-electron chi connectivity index (χ1n) is 12.9. The molecule has 0 spiro atoms. The van der Waals surface area contributed by atoms with Gasteiger partial charge in [-0.15, -0.1) is 0 Å². The number of nitrogens with one attached hydrogen (secondary N) is 2. The number of carbonyl (C=O) groups excluding carboxylic acids is 1. The molecule has 1 fully saturated rings. The molecule has 2 aromatic rings. The Labute approximate surface area is 208 Å². The van der Waals surface area contributed by atoms with Crippen molar-refractivity contribution in [1.82, 2.24) is 15.8 Å². The number of carbonyl (C=O) groups is 1. The highest BCUT2D eigenvalue weighted by atomic mass is 16.2. The maximum Gasteiger partial charge on any atom is 0.224 e. The van der Waals surface area contributed by atoms with Crippen LogP contribution in [-0.4, -0.2) is 29.7 Å². The normalized spacial score (nSPS) is 24.7. The van der Waals surface area contributed by atoms with Crippen molar-refractivity contribution in [3.63, 3.8) is 0 Å². The van der Waals surface area contributed by atoms with Crippen LogP contribution >= 0.6 is 0 Å². The van der Waals surface area contributed by atoms with Crippen LogP contribution in [0.25, 0.3) is 5.57 Å². The fraction of sp³-hybridized carbons (Fsp3) is 0.367. The molecule has 0 aromatic heterocycles. The molecular formula is C30H36N4O. The number of amides is 1. The Morgan fingerprint density at radius 2 is 1.74 bits per heavy atom. The van der Waals surface area contributed by atoms with Gasteiger partial charge >= 0.3 is 0 Å². The van der Waals surface area contributed by atoms with Gasteiger partial charge in [-0.1, -0.05) is 72.8 Å². The van der Waals surface area contributed by atoms with Gasteiger partial charge in [0.1, 0.15) is 6.17 Å². The summed E-state index contributed by atoms with van der Waals surface area (Å²) in [5, 5.41) is 5.51. The van der Waals surface area contributed by atoms with Crippen LogP contribution in [0.1, 0.15) is 43.7 Å². The van der Waals surface area contributed by atoms with Gasteiger partial charge in [-0.3, -0.25) is 9.80 Å². The number of benzene rings is 2. The quantitative estimate of drug-likeness (QED) is 0.557. The van der Waals surface area contributed by atoms with E-state index < -0.39 is 0 Å². The summed E-state index contributed by atoms with van der Waals surface area (Å²) in [6.45, 7) is 2.89. The number of rotatable bonds is 7. The molecule has 5 heteroatoms. The molecule has 5 nitrogen and oxygen atoms in total. The third-order valence-corrected chi connectivity index (χ3v) is 7.65. The number of hydrazine groups is 1. The van der Waals surface area contributed by atoms with Crippen LogP contribution in [0.3, 0.4) is 0 Å². The Morgan fingerprint density at radius 3 is 2.43 bits per heavy atom. The van der Waals surface area contributed by atoms with E-state index in [9.17, 15) is 4.79 Å². The van der Waals surface area contributed by atoms with E-state index in [4.69, 9.17) is 5.73 Å². The third-order valence-electron chi connectivity index (χ3n) is 7.65. The van der Waals surface area contributed by atoms with E-state index in [0.717, 1.165) is 38.6 Å². The molecular weight excluding hydrogens is 432 g/mol. The van der Waals surface area contributed by atoms with Gasteiger partial charge in [-0.05, 0) is 67.3 Å². The van der Waals surface area contributed by atoms with E-state index in [1.54, 1.807) is 0 Å². The van der Waals surface area contributed by atoms with Crippen molar-refractivity contribution in [1.29, 1.82) is 0 Å². The molecule has 1 unspecified atom stereocenters. The first-order valence-corrected chi connectivity index (χ1v) is 12.9. The summed E-state index contributed by atoms with van der Waals surface area (Å²) in [4.78, 5) is 13.4. The summed E-state index contributed by atoms with van der Waals surface area (Å²) < 4.78 is 0. The number of hydrogen-bond acceptors (Lipinski definition) is 4. The van der Waals surface area contributed by atoms with Gasteiger partial charge in [-0.25, -0.2) is 5.43 Å². The van der Waals surface area contributed by atoms with E-state index in [0.29, 0.717) is 5.92 Å². The molecule has 0 saturated heterocycles. The van der Waals surface area contributed by atoms with E-state index in [1.165, 1.54) is 27.8 Å². The monoisotopic (exact) mass is 468 g/mol. The van der Waals surface area contributed by atoms with E-state index in [-0.39, 0.29) is 24.0 Å². The Bertz CT molecular complexity index is 1110. The zero-order valence-corrected chi connectivity index (χ0v) is 20.5. The fourth-order valence-electron chi connectivity index (χ4n) is 5.59. The summed E-state index contributed by atoms with van der Waals surface area (Å²) >= 11 is 0. The molecule has 5 rings (SSSR count). The second-order valence-electron chi connectivity index (χ2n) is 10.0. The lowest BCUT2D eigenvalue weighted by Gasteiger charge is -2.33. The maximum absolute atomic E-state index is 13.4. The second-order valence-corrected chi connectivity index (χ2v) is 10.0. The maximum atomic E-state index is 13.4. The Morgan fingerprint density at radius 1 is 1.06 bits per heavy atom. The molecule has 3 aliphatic rings. The van der Waals surface area contributed by atoms with Crippen LogP contribution in [0.5, 0.6) is 0 Å². The molecule has 2 atom stereocenters. The fourth-order valence-corrected chi connectivity index (χ4v) is 5.59. The zero-order valence-electron chi connectivity index (χ0n) is 20.5. The molecule has 1 aliphatic heterocycles. The highest BCUT2D eigenvalue weighted by Crippen LogP contribution is 2.36. The first kappa shape index (κ1) is 23.6. The lowest BCUT2D eigenvalue weighted by Crippen LogP contribution is -2.53. The summed E-state index contributed by atoms with van der Waals surface area (Å²) in [6.07, 6.45) is 11.1. The van der Waals surface area contributed by atoms with Crippen LogP contribution in [0.15, 0.2) is 90.2 Å². The molecule has 0 bridgehead atoms. The van der Waals surface area contributed by atoms with Gasteiger partial charge < -0.3 is 11.1 Å². The highest BCUT2D eigenvalue weighted by Gasteiger charge is 2.34. The molecule has 1 heterocycles. The number of fused-ring (bicyclic) bond motifs is 1. The Balaban J connectivity index is 1.39. The highest BCUT2D eigenvalue weighted by molar-refractivity contribution is 5.86. The molecule has 1 saturated carbocycles. The molecule has 4 N–H and O–H groups in total. The Hall–Kier alpha value is -3.15. The van der Waals surface area contributed by atoms with Gasteiger partial charge in [0.25, 0.3) is 0 Å². The minimum absolute atomic E-state index is 0.0653. The summed E-state index contributed by atoms with van der Waals surface area (Å²) in [7, 11) is 0. The number of hydrogen-bond donors (Lipinski definition) is 3. The summed E-state index contributed by atoms with van der Waals surface area (Å²) in [5.41, 5.74) is 15.7. The van der Waals surface area contributed by atoms with Crippen molar-refractivity contribution in [2.24, 2.45) is 17.6 Å². The third kappa shape index (κ3) is 5.26. The van der Waals surface area contributed by atoms with Gasteiger partial charge in [0.05, 0.1) is 6.04 Å². The second kappa shape index (κ2) is 10.6. The SMILES string of the molecule is CC1=C(c2ccccc2)C2=CN([C@@H](Cc3ccccc3)NC(=O)[C@H]3CC[C@H](CN)CC3)NC2C=C1. The van der Waals surface area contributed by atoms with Crippen molar-refractivity contribution in [3.8, 4) is 0 Å². The van der Waals surface area contributed by atoms with Crippen LogP contribution in [-0.2, 0) is 11.2 Å². The first-order chi connectivity index (χ1) is 17.1. The number of allylic oxidation sites excluding steroid dienone is 2. The lowest BCUT2D eigenvalue weighted by atomic mass is 9.81. The van der Waals surface area contributed by atoms with E-state index in [1.807, 2.05) is 6.07 Å².